The van der Waals surface area contributed by atoms with Gasteiger partial charge in [0.1, 0.15) is 5.75 Å². The van der Waals surface area contributed by atoms with E-state index in [4.69, 9.17) is 21.1 Å². The van der Waals surface area contributed by atoms with E-state index < -0.39 is 5.91 Å². The summed E-state index contributed by atoms with van der Waals surface area (Å²) in [5.41, 5.74) is 4.14. The fourth-order valence-corrected chi connectivity index (χ4v) is 3.53. The summed E-state index contributed by atoms with van der Waals surface area (Å²) in [6, 6.07) is 14.7. The number of aryl methyl sites for hydroxylation is 1. The van der Waals surface area contributed by atoms with Gasteiger partial charge in [-0.25, -0.2) is 4.52 Å². The van der Waals surface area contributed by atoms with E-state index in [1.165, 1.54) is 7.11 Å². The van der Waals surface area contributed by atoms with Crippen molar-refractivity contribution in [1.82, 2.24) is 19.8 Å². The van der Waals surface area contributed by atoms with E-state index in [1.54, 1.807) is 36.7 Å². The molecule has 0 aliphatic heterocycles. The number of rotatable bonds is 6. The minimum Gasteiger partial charge on any atom is -0.495 e. The standard InChI is InChI=1S/C22H20ClN5O3/c1-13-20(22(29)24-16-11-15(23)9-10-18(16)31-3)25-26-21-19(14-7-5-4-6-8-14)17(12-30-2)27-28(13)21/h4-11H,12H2,1-3H3,(H,24,29). The van der Waals surface area contributed by atoms with Crippen molar-refractivity contribution in [3.05, 3.63) is 70.6 Å². The maximum Gasteiger partial charge on any atom is 0.278 e. The van der Waals surface area contributed by atoms with Gasteiger partial charge in [-0.3, -0.25) is 4.79 Å². The average molecular weight is 438 g/mol. The van der Waals surface area contributed by atoms with E-state index in [0.717, 1.165) is 11.1 Å². The molecule has 0 fully saturated rings. The van der Waals surface area contributed by atoms with Gasteiger partial charge in [0.15, 0.2) is 11.3 Å². The molecule has 0 aliphatic rings. The third kappa shape index (κ3) is 3.95. The molecule has 0 bridgehead atoms. The zero-order valence-electron chi connectivity index (χ0n) is 17.2. The quantitative estimate of drug-likeness (QED) is 0.487. The third-order valence-electron chi connectivity index (χ3n) is 4.81. The number of hydrogen-bond acceptors (Lipinski definition) is 6. The third-order valence-corrected chi connectivity index (χ3v) is 5.04. The number of amides is 1. The Morgan fingerprint density at radius 3 is 2.61 bits per heavy atom. The highest BCUT2D eigenvalue weighted by Gasteiger charge is 2.22. The topological polar surface area (TPSA) is 90.6 Å². The summed E-state index contributed by atoms with van der Waals surface area (Å²) in [4.78, 5) is 13.0. The van der Waals surface area contributed by atoms with E-state index in [1.807, 2.05) is 30.3 Å². The van der Waals surface area contributed by atoms with Gasteiger partial charge in [-0.05, 0) is 30.7 Å². The molecule has 1 amide bonds. The lowest BCUT2D eigenvalue weighted by Crippen LogP contribution is -2.19. The first-order valence-electron chi connectivity index (χ1n) is 9.47. The summed E-state index contributed by atoms with van der Waals surface area (Å²) in [6.07, 6.45) is 0. The van der Waals surface area contributed by atoms with Gasteiger partial charge in [0.25, 0.3) is 5.91 Å². The highest BCUT2D eigenvalue weighted by molar-refractivity contribution is 6.31. The van der Waals surface area contributed by atoms with Gasteiger partial charge in [0.2, 0.25) is 0 Å². The summed E-state index contributed by atoms with van der Waals surface area (Å²) >= 11 is 6.06. The van der Waals surface area contributed by atoms with E-state index >= 15 is 0 Å². The van der Waals surface area contributed by atoms with Crippen LogP contribution in [0.25, 0.3) is 16.8 Å². The number of nitrogens with zero attached hydrogens (tertiary/aromatic N) is 4. The van der Waals surface area contributed by atoms with Crippen molar-refractivity contribution >= 4 is 28.8 Å². The second kappa shape index (κ2) is 8.71. The summed E-state index contributed by atoms with van der Waals surface area (Å²) in [6.45, 7) is 2.07. The predicted octanol–water partition coefficient (Wildman–Crippen LogP) is 4.16. The Morgan fingerprint density at radius 2 is 1.90 bits per heavy atom. The van der Waals surface area contributed by atoms with Crippen LogP contribution < -0.4 is 10.1 Å². The number of anilines is 1. The molecule has 158 valence electrons. The number of fused-ring (bicyclic) bond motifs is 1. The van der Waals surface area contributed by atoms with Gasteiger partial charge in [-0.2, -0.15) is 5.10 Å². The van der Waals surface area contributed by atoms with Crippen LogP contribution in [-0.4, -0.2) is 39.9 Å². The number of halogens is 1. The number of hydrogen-bond donors (Lipinski definition) is 1. The Hall–Kier alpha value is -3.49. The maximum absolute atomic E-state index is 13.0. The second-order valence-corrected chi connectivity index (χ2v) is 7.23. The lowest BCUT2D eigenvalue weighted by molar-refractivity contribution is 0.101. The van der Waals surface area contributed by atoms with Gasteiger partial charge < -0.3 is 14.8 Å². The van der Waals surface area contributed by atoms with Crippen LogP contribution in [0.4, 0.5) is 5.69 Å². The summed E-state index contributed by atoms with van der Waals surface area (Å²) < 4.78 is 12.2. The van der Waals surface area contributed by atoms with Crippen molar-refractivity contribution in [2.24, 2.45) is 0 Å². The molecule has 0 saturated heterocycles. The fourth-order valence-electron chi connectivity index (χ4n) is 3.36. The lowest BCUT2D eigenvalue weighted by atomic mass is 10.1. The number of methoxy groups -OCH3 is 2. The molecule has 0 unspecified atom stereocenters. The molecule has 4 aromatic rings. The number of nitrogens with one attached hydrogen (secondary N) is 1. The highest BCUT2D eigenvalue weighted by atomic mass is 35.5. The molecule has 1 N–H and O–H groups in total. The van der Waals surface area contributed by atoms with Crippen LogP contribution in [0.2, 0.25) is 5.02 Å². The van der Waals surface area contributed by atoms with Crippen LogP contribution in [0.1, 0.15) is 21.9 Å². The van der Waals surface area contributed by atoms with Gasteiger partial charge in [-0.15, -0.1) is 10.2 Å². The van der Waals surface area contributed by atoms with Crippen LogP contribution in [0, 0.1) is 6.92 Å². The predicted molar refractivity (Wildman–Crippen MR) is 118 cm³/mol. The zero-order valence-corrected chi connectivity index (χ0v) is 18.0. The van der Waals surface area contributed by atoms with Gasteiger partial charge in [0.05, 0.1) is 36.4 Å². The molecular formula is C22H20ClN5O3. The number of benzene rings is 2. The molecular weight excluding hydrogens is 418 g/mol. The number of ether oxygens (including phenoxy) is 2. The van der Waals surface area contributed by atoms with Crippen molar-refractivity contribution in [1.29, 1.82) is 0 Å². The SMILES string of the molecule is COCc1nn2c(C)c(C(=O)Nc3cc(Cl)ccc3OC)nnc2c1-c1ccccc1. The van der Waals surface area contributed by atoms with Crippen LogP contribution in [-0.2, 0) is 11.3 Å². The van der Waals surface area contributed by atoms with E-state index in [9.17, 15) is 4.79 Å². The van der Waals surface area contributed by atoms with Gasteiger partial charge in [-0.1, -0.05) is 41.9 Å². The summed E-state index contributed by atoms with van der Waals surface area (Å²) in [7, 11) is 3.12. The minimum absolute atomic E-state index is 0.139. The van der Waals surface area contributed by atoms with Crippen molar-refractivity contribution in [3.8, 4) is 16.9 Å². The first-order chi connectivity index (χ1) is 15.0. The molecule has 9 heteroatoms. The molecule has 0 spiro atoms. The Morgan fingerprint density at radius 1 is 1.13 bits per heavy atom. The fraction of sp³-hybridized carbons (Fsp3) is 0.182. The van der Waals surface area contributed by atoms with E-state index in [2.05, 4.69) is 20.6 Å². The average Bonchev–Trinajstić information content (AvgIpc) is 3.14. The lowest BCUT2D eigenvalue weighted by Gasteiger charge is -2.11. The highest BCUT2D eigenvalue weighted by Crippen LogP contribution is 2.30. The number of aromatic nitrogens is 4. The Labute approximate surface area is 183 Å². The molecule has 0 aliphatic carbocycles. The molecule has 2 aromatic carbocycles. The van der Waals surface area contributed by atoms with Crippen LogP contribution in [0.3, 0.4) is 0 Å². The molecule has 4 rings (SSSR count). The molecule has 8 nitrogen and oxygen atoms in total. The second-order valence-electron chi connectivity index (χ2n) is 6.79. The molecule has 0 atom stereocenters. The Balaban J connectivity index is 1.78. The molecule has 31 heavy (non-hydrogen) atoms. The monoisotopic (exact) mass is 437 g/mol. The normalized spacial score (nSPS) is 11.0. The van der Waals surface area contributed by atoms with Gasteiger partial charge >= 0.3 is 0 Å². The van der Waals surface area contributed by atoms with Crippen molar-refractivity contribution in [2.45, 2.75) is 13.5 Å². The largest absolute Gasteiger partial charge is 0.495 e. The first kappa shape index (κ1) is 20.8. The number of carbonyl (C=O) groups is 1. The molecule has 0 saturated carbocycles. The summed E-state index contributed by atoms with van der Waals surface area (Å²) in [5.74, 6) is 0.0368. The molecule has 2 heterocycles. The van der Waals surface area contributed by atoms with Crippen molar-refractivity contribution < 1.29 is 14.3 Å². The minimum atomic E-state index is -0.447. The maximum atomic E-state index is 13.0. The van der Waals surface area contributed by atoms with Gasteiger partial charge in [0, 0.05) is 12.1 Å². The Kier molecular flexibility index (Phi) is 5.83. The van der Waals surface area contributed by atoms with Crippen LogP contribution in [0.15, 0.2) is 48.5 Å². The van der Waals surface area contributed by atoms with Crippen LogP contribution >= 0.6 is 11.6 Å². The van der Waals surface area contributed by atoms with E-state index in [0.29, 0.717) is 40.1 Å². The number of carbonyl (C=O) groups excluding carboxylic acids is 1. The van der Waals surface area contributed by atoms with Crippen molar-refractivity contribution in [2.75, 3.05) is 19.5 Å². The van der Waals surface area contributed by atoms with E-state index in [-0.39, 0.29) is 5.69 Å². The van der Waals surface area contributed by atoms with Crippen LogP contribution in [0.5, 0.6) is 5.75 Å². The Bertz CT molecular complexity index is 1260. The zero-order chi connectivity index (χ0) is 22.0. The molecule has 2 aromatic heterocycles. The smallest absolute Gasteiger partial charge is 0.278 e. The van der Waals surface area contributed by atoms with Crippen molar-refractivity contribution in [3.63, 3.8) is 0 Å². The first-order valence-corrected chi connectivity index (χ1v) is 9.85. The summed E-state index contributed by atoms with van der Waals surface area (Å²) in [5, 5.41) is 16.4. The molecule has 0 radical (unpaired) electrons.